The SMILES string of the molecule is CCCCNC(=O)C(CC)N(Cc1ccc(F)cc1)C(=O)CN(c1ccccc1)S(=O)(=O)c1ccc(OC)cc1. The Kier molecular flexibility index (Phi) is 11.1. The third kappa shape index (κ3) is 7.81. The zero-order valence-electron chi connectivity index (χ0n) is 23.0. The molecule has 0 heterocycles. The zero-order chi connectivity index (χ0) is 29.1. The van der Waals surface area contributed by atoms with Crippen molar-refractivity contribution >= 4 is 27.5 Å². The molecule has 0 fully saturated rings. The molecule has 0 aromatic heterocycles. The van der Waals surface area contributed by atoms with Gasteiger partial charge in [0.2, 0.25) is 11.8 Å². The number of nitrogens with one attached hydrogen (secondary N) is 1. The molecule has 1 unspecified atom stereocenters. The van der Waals surface area contributed by atoms with Gasteiger partial charge < -0.3 is 15.0 Å². The molecular weight excluding hydrogens is 533 g/mol. The summed E-state index contributed by atoms with van der Waals surface area (Å²) in [6.07, 6.45) is 1.99. The number of rotatable bonds is 14. The van der Waals surface area contributed by atoms with Crippen LogP contribution in [0.15, 0.2) is 83.8 Å². The summed E-state index contributed by atoms with van der Waals surface area (Å²) in [6, 6.07) is 19.0. The fraction of sp³-hybridized carbons (Fsp3) is 0.333. The predicted molar refractivity (Wildman–Crippen MR) is 153 cm³/mol. The molecule has 40 heavy (non-hydrogen) atoms. The Balaban J connectivity index is 2.00. The second kappa shape index (κ2) is 14.5. The van der Waals surface area contributed by atoms with Crippen LogP contribution in [-0.4, -0.2) is 51.4 Å². The number of anilines is 1. The van der Waals surface area contributed by atoms with Crippen molar-refractivity contribution in [3.05, 3.63) is 90.2 Å². The molecule has 10 heteroatoms. The molecule has 0 saturated carbocycles. The van der Waals surface area contributed by atoms with Crippen LogP contribution in [0.3, 0.4) is 0 Å². The summed E-state index contributed by atoms with van der Waals surface area (Å²) >= 11 is 0. The van der Waals surface area contributed by atoms with E-state index < -0.39 is 34.3 Å². The largest absolute Gasteiger partial charge is 0.497 e. The summed E-state index contributed by atoms with van der Waals surface area (Å²) in [5.74, 6) is -0.822. The molecular formula is C30H36FN3O5S. The van der Waals surface area contributed by atoms with Gasteiger partial charge in [-0.05, 0) is 66.9 Å². The second-order valence-corrected chi connectivity index (χ2v) is 11.1. The first-order chi connectivity index (χ1) is 19.2. The average Bonchev–Trinajstić information content (AvgIpc) is 2.97. The number of hydrogen-bond donors (Lipinski definition) is 1. The summed E-state index contributed by atoms with van der Waals surface area (Å²) in [7, 11) is -2.69. The van der Waals surface area contributed by atoms with Crippen LogP contribution in [0.25, 0.3) is 0 Å². The Bertz CT molecular complexity index is 1350. The van der Waals surface area contributed by atoms with E-state index in [2.05, 4.69) is 5.32 Å². The molecule has 3 aromatic carbocycles. The first kappa shape index (κ1) is 30.6. The van der Waals surface area contributed by atoms with Crippen molar-refractivity contribution in [2.24, 2.45) is 0 Å². The molecule has 8 nitrogen and oxygen atoms in total. The number of nitrogens with zero attached hydrogens (tertiary/aromatic N) is 2. The van der Waals surface area contributed by atoms with Gasteiger partial charge in [-0.1, -0.05) is 50.6 Å². The Labute approximate surface area is 235 Å². The predicted octanol–water partition coefficient (Wildman–Crippen LogP) is 4.75. The minimum absolute atomic E-state index is 0.00400. The van der Waals surface area contributed by atoms with Crippen LogP contribution in [0.5, 0.6) is 5.75 Å². The van der Waals surface area contributed by atoms with Gasteiger partial charge in [0.15, 0.2) is 0 Å². The van der Waals surface area contributed by atoms with Crippen LogP contribution >= 0.6 is 0 Å². The van der Waals surface area contributed by atoms with E-state index in [1.807, 2.05) is 6.92 Å². The number of sulfonamides is 1. The summed E-state index contributed by atoms with van der Waals surface area (Å²) in [5, 5.41) is 2.88. The molecule has 0 aliphatic carbocycles. The quantitative estimate of drug-likeness (QED) is 0.283. The Morgan fingerprint density at radius 2 is 1.60 bits per heavy atom. The summed E-state index contributed by atoms with van der Waals surface area (Å²) < 4.78 is 47.4. The standard InChI is InChI=1S/C30H36FN3O5S/c1-4-6-20-32-30(36)28(5-2)33(21-23-12-14-24(31)15-13-23)29(35)22-34(25-10-8-7-9-11-25)40(37,38)27-18-16-26(39-3)17-19-27/h7-19,28H,4-6,20-22H2,1-3H3,(H,32,36). The Morgan fingerprint density at radius 1 is 0.950 bits per heavy atom. The van der Waals surface area contributed by atoms with Gasteiger partial charge in [0.25, 0.3) is 10.0 Å². The molecule has 0 spiro atoms. The molecule has 0 saturated heterocycles. The number of carbonyl (C=O) groups is 2. The average molecular weight is 570 g/mol. The lowest BCUT2D eigenvalue weighted by molar-refractivity contribution is -0.140. The molecule has 0 bridgehead atoms. The van der Waals surface area contributed by atoms with E-state index in [-0.39, 0.29) is 17.3 Å². The van der Waals surface area contributed by atoms with Gasteiger partial charge in [-0.2, -0.15) is 0 Å². The van der Waals surface area contributed by atoms with E-state index in [1.54, 1.807) is 49.4 Å². The van der Waals surface area contributed by atoms with E-state index in [1.165, 1.54) is 48.4 Å². The van der Waals surface area contributed by atoms with Crippen molar-refractivity contribution in [2.75, 3.05) is 24.5 Å². The molecule has 3 aromatic rings. The summed E-state index contributed by atoms with van der Waals surface area (Å²) in [6.45, 7) is 3.72. The van der Waals surface area contributed by atoms with Crippen LogP contribution in [0.4, 0.5) is 10.1 Å². The molecule has 0 radical (unpaired) electrons. The molecule has 1 atom stereocenters. The van der Waals surface area contributed by atoms with Gasteiger partial charge in [-0.25, -0.2) is 12.8 Å². The minimum atomic E-state index is -4.18. The second-order valence-electron chi connectivity index (χ2n) is 9.24. The fourth-order valence-electron chi connectivity index (χ4n) is 4.21. The highest BCUT2D eigenvalue weighted by atomic mass is 32.2. The number of benzene rings is 3. The summed E-state index contributed by atoms with van der Waals surface area (Å²) in [4.78, 5) is 28.5. The highest BCUT2D eigenvalue weighted by molar-refractivity contribution is 7.92. The van der Waals surface area contributed by atoms with Crippen LogP contribution in [-0.2, 0) is 26.2 Å². The van der Waals surface area contributed by atoms with Crippen LogP contribution < -0.4 is 14.4 Å². The van der Waals surface area contributed by atoms with Crippen molar-refractivity contribution in [2.45, 2.75) is 50.6 Å². The van der Waals surface area contributed by atoms with Gasteiger partial charge in [-0.3, -0.25) is 13.9 Å². The third-order valence-corrected chi connectivity index (χ3v) is 8.24. The van der Waals surface area contributed by atoms with Gasteiger partial charge in [0.1, 0.15) is 24.2 Å². The number of para-hydroxylation sites is 1. The van der Waals surface area contributed by atoms with Crippen LogP contribution in [0.1, 0.15) is 38.7 Å². The van der Waals surface area contributed by atoms with Crippen molar-refractivity contribution in [3.8, 4) is 5.75 Å². The minimum Gasteiger partial charge on any atom is -0.497 e. The number of halogens is 1. The Morgan fingerprint density at radius 3 is 2.17 bits per heavy atom. The maximum absolute atomic E-state index is 14.0. The van der Waals surface area contributed by atoms with Crippen molar-refractivity contribution in [1.82, 2.24) is 10.2 Å². The molecule has 1 N–H and O–H groups in total. The van der Waals surface area contributed by atoms with E-state index in [9.17, 15) is 22.4 Å². The van der Waals surface area contributed by atoms with Crippen molar-refractivity contribution < 1.29 is 27.1 Å². The maximum atomic E-state index is 14.0. The topological polar surface area (TPSA) is 96.0 Å². The van der Waals surface area contributed by atoms with E-state index >= 15 is 0 Å². The van der Waals surface area contributed by atoms with Gasteiger partial charge in [-0.15, -0.1) is 0 Å². The first-order valence-electron chi connectivity index (χ1n) is 13.2. The van der Waals surface area contributed by atoms with Gasteiger partial charge in [0.05, 0.1) is 17.7 Å². The summed E-state index contributed by atoms with van der Waals surface area (Å²) in [5.41, 5.74) is 0.910. The molecule has 3 rings (SSSR count). The number of methoxy groups -OCH3 is 1. The number of unbranched alkanes of at least 4 members (excludes halogenated alkanes) is 1. The monoisotopic (exact) mass is 569 g/mol. The van der Waals surface area contributed by atoms with Crippen LogP contribution in [0.2, 0.25) is 0 Å². The lowest BCUT2D eigenvalue weighted by Gasteiger charge is -2.33. The number of carbonyl (C=O) groups excluding carboxylic acids is 2. The molecule has 0 aliphatic heterocycles. The van der Waals surface area contributed by atoms with Crippen molar-refractivity contribution in [3.63, 3.8) is 0 Å². The van der Waals surface area contributed by atoms with E-state index in [0.717, 1.165) is 17.1 Å². The van der Waals surface area contributed by atoms with E-state index in [0.29, 0.717) is 30.0 Å². The van der Waals surface area contributed by atoms with Crippen molar-refractivity contribution in [1.29, 1.82) is 0 Å². The lowest BCUT2D eigenvalue weighted by Crippen LogP contribution is -2.52. The smallest absolute Gasteiger partial charge is 0.264 e. The zero-order valence-corrected chi connectivity index (χ0v) is 23.9. The number of hydrogen-bond acceptors (Lipinski definition) is 5. The van der Waals surface area contributed by atoms with Crippen LogP contribution in [0, 0.1) is 5.82 Å². The molecule has 2 amide bonds. The Hall–Kier alpha value is -3.92. The van der Waals surface area contributed by atoms with Gasteiger partial charge in [0, 0.05) is 13.1 Å². The highest BCUT2D eigenvalue weighted by Gasteiger charge is 2.33. The van der Waals surface area contributed by atoms with Gasteiger partial charge >= 0.3 is 0 Å². The highest BCUT2D eigenvalue weighted by Crippen LogP contribution is 2.26. The lowest BCUT2D eigenvalue weighted by atomic mass is 10.1. The maximum Gasteiger partial charge on any atom is 0.264 e. The fourth-order valence-corrected chi connectivity index (χ4v) is 5.62. The van der Waals surface area contributed by atoms with E-state index in [4.69, 9.17) is 4.74 Å². The third-order valence-electron chi connectivity index (χ3n) is 6.45. The molecule has 0 aliphatic rings. The molecule has 214 valence electrons. The number of amides is 2. The normalized spacial score (nSPS) is 11.9. The number of ether oxygens (including phenoxy) is 1. The first-order valence-corrected chi connectivity index (χ1v) is 14.7.